The number of nitrogens with zero attached hydrogens (tertiary/aromatic N) is 2. The van der Waals surface area contributed by atoms with E-state index in [4.69, 9.17) is 4.42 Å². The smallest absolute Gasteiger partial charge is 0.456 e. The number of fused-ring (bicyclic) bond motifs is 4. The fourth-order valence-electron chi connectivity index (χ4n) is 4.38. The highest BCUT2D eigenvalue weighted by atomic mass is 16.3. The van der Waals surface area contributed by atoms with Gasteiger partial charge >= 0.3 is 6.01 Å². The maximum absolute atomic E-state index is 6.12. The van der Waals surface area contributed by atoms with Crippen molar-refractivity contribution in [3.63, 3.8) is 0 Å². The molecule has 5 aromatic rings. The molecular formula is C27H20N2O+2. The summed E-state index contributed by atoms with van der Waals surface area (Å²) in [6, 6.07) is 33.1. The van der Waals surface area contributed by atoms with Crippen molar-refractivity contribution >= 4 is 50.7 Å². The summed E-state index contributed by atoms with van der Waals surface area (Å²) in [4.78, 5) is 0. The van der Waals surface area contributed by atoms with Gasteiger partial charge in [0.2, 0.25) is 11.4 Å². The standard InChI is InChI=1S/C27H20N2O/c1-18-13-19(2)15-21(14-18)29-17-28(24-8-4-5-9-25(24)29)20-11-12-23-22-7-3-6-10-26(22)30-27(23)16-20/h3-16H,1-2H3/q+2. The lowest BCUT2D eigenvalue weighted by Gasteiger charge is -1.99. The van der Waals surface area contributed by atoms with Crippen molar-refractivity contribution in [2.75, 3.05) is 0 Å². The summed E-state index contributed by atoms with van der Waals surface area (Å²) < 4.78 is 10.4. The number of para-hydroxylation sites is 3. The van der Waals surface area contributed by atoms with Gasteiger partial charge in [0.15, 0.2) is 0 Å². The van der Waals surface area contributed by atoms with Gasteiger partial charge in [-0.15, -0.1) is 0 Å². The van der Waals surface area contributed by atoms with E-state index in [-0.39, 0.29) is 0 Å². The molecule has 1 aliphatic heterocycles. The van der Waals surface area contributed by atoms with Gasteiger partial charge in [-0.05, 0) is 46.3 Å². The number of hydrogen-bond donors (Lipinski definition) is 0. The molecule has 0 saturated heterocycles. The average molecular weight is 388 g/mol. The van der Waals surface area contributed by atoms with Crippen molar-refractivity contribution in [2.45, 2.75) is 13.8 Å². The molecule has 0 radical (unpaired) electrons. The van der Waals surface area contributed by atoms with E-state index in [1.165, 1.54) is 11.1 Å². The molecule has 0 atom stereocenters. The number of aryl methyl sites for hydroxylation is 2. The number of hydrogen-bond acceptors (Lipinski definition) is 1. The van der Waals surface area contributed by atoms with Gasteiger partial charge in [-0.25, -0.2) is 0 Å². The van der Waals surface area contributed by atoms with Crippen LogP contribution in [0.3, 0.4) is 0 Å². The Balaban J connectivity index is 1.60. The van der Waals surface area contributed by atoms with Crippen molar-refractivity contribution in [3.8, 4) is 0 Å². The van der Waals surface area contributed by atoms with Crippen LogP contribution in [0.2, 0.25) is 0 Å². The summed E-state index contributed by atoms with van der Waals surface area (Å²) in [5.41, 5.74) is 8.65. The Morgan fingerprint density at radius 1 is 0.600 bits per heavy atom. The van der Waals surface area contributed by atoms with Crippen LogP contribution in [-0.2, 0) is 0 Å². The van der Waals surface area contributed by atoms with Crippen LogP contribution in [0.1, 0.15) is 11.1 Å². The lowest BCUT2D eigenvalue weighted by atomic mass is 10.1. The monoisotopic (exact) mass is 388 g/mol. The molecule has 0 amide bonds. The third-order valence-electron chi connectivity index (χ3n) is 5.65. The van der Waals surface area contributed by atoms with Gasteiger partial charge in [0.05, 0.1) is 6.07 Å². The SMILES string of the molecule is Cc1cc(C)cc([N+]2=C=[N+](c3ccc4c(c3)oc3ccccc34)c3ccccc32)c1. The largest absolute Gasteiger partial charge is 0.503 e. The molecule has 1 aromatic heterocycles. The zero-order valence-corrected chi connectivity index (χ0v) is 16.9. The molecule has 1 aliphatic rings. The van der Waals surface area contributed by atoms with Gasteiger partial charge in [-0.1, -0.05) is 36.4 Å². The molecule has 3 nitrogen and oxygen atoms in total. The topological polar surface area (TPSA) is 19.2 Å². The zero-order chi connectivity index (χ0) is 20.2. The average Bonchev–Trinajstić information content (AvgIpc) is 3.31. The van der Waals surface area contributed by atoms with Crippen LogP contribution in [0.4, 0.5) is 22.7 Å². The summed E-state index contributed by atoms with van der Waals surface area (Å²) in [5, 5.41) is 2.28. The Hall–Kier alpha value is -3.94. The van der Waals surface area contributed by atoms with Crippen molar-refractivity contribution < 1.29 is 4.42 Å². The maximum Gasteiger partial charge on any atom is 0.503 e. The highest BCUT2D eigenvalue weighted by Crippen LogP contribution is 2.37. The van der Waals surface area contributed by atoms with Gasteiger partial charge in [0.1, 0.15) is 11.2 Å². The Morgan fingerprint density at radius 3 is 2.00 bits per heavy atom. The minimum atomic E-state index is 0.887. The molecule has 3 heteroatoms. The van der Waals surface area contributed by atoms with E-state index in [0.29, 0.717) is 0 Å². The highest BCUT2D eigenvalue weighted by Gasteiger charge is 2.36. The summed E-state index contributed by atoms with van der Waals surface area (Å²) in [6.07, 6.45) is 0. The molecule has 0 spiro atoms. The van der Waals surface area contributed by atoms with E-state index in [0.717, 1.165) is 44.7 Å². The highest BCUT2D eigenvalue weighted by molar-refractivity contribution is 6.05. The van der Waals surface area contributed by atoms with Crippen LogP contribution in [-0.4, -0.2) is 6.01 Å². The molecule has 2 heterocycles. The molecule has 0 unspecified atom stereocenters. The first-order valence-corrected chi connectivity index (χ1v) is 10.1. The van der Waals surface area contributed by atoms with Crippen LogP contribution < -0.4 is 9.15 Å². The molecule has 0 fully saturated rings. The van der Waals surface area contributed by atoms with E-state index >= 15 is 0 Å². The second-order valence-corrected chi connectivity index (χ2v) is 7.88. The van der Waals surface area contributed by atoms with Crippen LogP contribution >= 0.6 is 0 Å². The summed E-state index contributed by atoms with van der Waals surface area (Å²) in [7, 11) is 0. The van der Waals surface area contributed by atoms with Crippen molar-refractivity contribution in [3.05, 3.63) is 96.1 Å². The molecule has 6 rings (SSSR count). The molecule has 142 valence electrons. The minimum Gasteiger partial charge on any atom is -0.456 e. The second-order valence-electron chi connectivity index (χ2n) is 7.88. The minimum absolute atomic E-state index is 0.887. The van der Waals surface area contributed by atoms with Crippen LogP contribution in [0.5, 0.6) is 0 Å². The van der Waals surface area contributed by atoms with Crippen LogP contribution in [0.25, 0.3) is 21.9 Å². The van der Waals surface area contributed by atoms with E-state index in [1.54, 1.807) is 0 Å². The lowest BCUT2D eigenvalue weighted by Crippen LogP contribution is -2.01. The number of benzene rings is 4. The Bertz CT molecular complexity index is 1530. The fourth-order valence-corrected chi connectivity index (χ4v) is 4.38. The molecule has 0 saturated carbocycles. The van der Waals surface area contributed by atoms with Gasteiger partial charge < -0.3 is 4.42 Å². The van der Waals surface area contributed by atoms with Crippen molar-refractivity contribution in [1.29, 1.82) is 0 Å². The summed E-state index contributed by atoms with van der Waals surface area (Å²) in [6.45, 7) is 4.26. The third-order valence-corrected chi connectivity index (χ3v) is 5.65. The number of furan rings is 1. The number of rotatable bonds is 2. The Morgan fingerprint density at radius 2 is 1.23 bits per heavy atom. The molecule has 0 aliphatic carbocycles. The van der Waals surface area contributed by atoms with Gasteiger partial charge in [-0.3, -0.25) is 0 Å². The van der Waals surface area contributed by atoms with Crippen molar-refractivity contribution in [2.24, 2.45) is 0 Å². The molecule has 0 N–H and O–H groups in total. The van der Waals surface area contributed by atoms with Crippen molar-refractivity contribution in [1.82, 2.24) is 9.15 Å². The van der Waals surface area contributed by atoms with E-state index < -0.39 is 0 Å². The summed E-state index contributed by atoms with van der Waals surface area (Å²) in [5.74, 6) is 0. The first-order valence-electron chi connectivity index (χ1n) is 10.1. The Kier molecular flexibility index (Phi) is 3.55. The third kappa shape index (κ3) is 2.53. The normalized spacial score (nSPS) is 12.9. The molecular weight excluding hydrogens is 368 g/mol. The Labute approximate surface area is 174 Å². The maximum atomic E-state index is 6.12. The molecule has 0 bridgehead atoms. The van der Waals surface area contributed by atoms with E-state index in [1.807, 2.05) is 18.2 Å². The van der Waals surface area contributed by atoms with E-state index in [2.05, 4.69) is 95.7 Å². The second kappa shape index (κ2) is 6.28. The predicted octanol–water partition coefficient (Wildman–Crippen LogP) is 7.06. The lowest BCUT2D eigenvalue weighted by molar-refractivity contribution is 0.668. The summed E-state index contributed by atoms with van der Waals surface area (Å²) >= 11 is 0. The zero-order valence-electron chi connectivity index (χ0n) is 16.9. The van der Waals surface area contributed by atoms with Crippen LogP contribution in [0, 0.1) is 13.8 Å². The first-order chi connectivity index (χ1) is 14.7. The van der Waals surface area contributed by atoms with E-state index in [9.17, 15) is 0 Å². The molecule has 30 heavy (non-hydrogen) atoms. The van der Waals surface area contributed by atoms with Gasteiger partial charge in [0, 0.05) is 41.1 Å². The van der Waals surface area contributed by atoms with Gasteiger partial charge in [0.25, 0.3) is 11.4 Å². The van der Waals surface area contributed by atoms with Crippen LogP contribution in [0.15, 0.2) is 89.3 Å². The van der Waals surface area contributed by atoms with Gasteiger partial charge in [-0.2, -0.15) is 0 Å². The quantitative estimate of drug-likeness (QED) is 0.291. The fraction of sp³-hybridized carbons (Fsp3) is 0.0741. The predicted molar refractivity (Wildman–Crippen MR) is 124 cm³/mol. The molecule has 4 aromatic carbocycles. The first kappa shape index (κ1) is 17.0.